The van der Waals surface area contributed by atoms with E-state index in [0.717, 1.165) is 30.2 Å². The van der Waals surface area contributed by atoms with Crippen molar-refractivity contribution >= 4 is 49.9 Å². The molecule has 12 heteroatoms. The van der Waals surface area contributed by atoms with E-state index in [0.29, 0.717) is 40.1 Å². The summed E-state index contributed by atoms with van der Waals surface area (Å²) >= 11 is 6.55. The number of amides is 1. The second kappa shape index (κ2) is 10.6. The predicted molar refractivity (Wildman–Crippen MR) is 148 cm³/mol. The number of ether oxygens (including phenoxy) is 1. The molecular weight excluding hydrogens is 540 g/mol. The fourth-order valence-corrected chi connectivity index (χ4v) is 5.09. The number of sulfone groups is 1. The Morgan fingerprint density at radius 3 is 2.74 bits per heavy atom. The van der Waals surface area contributed by atoms with Gasteiger partial charge in [-0.25, -0.2) is 18.4 Å². The van der Waals surface area contributed by atoms with Gasteiger partial charge in [-0.3, -0.25) is 4.79 Å². The number of hydrogen-bond donors (Lipinski definition) is 2. The lowest BCUT2D eigenvalue weighted by atomic mass is 9.98. The topological polar surface area (TPSA) is 139 Å². The minimum atomic E-state index is -3.39. The first kappa shape index (κ1) is 26.5. The van der Waals surface area contributed by atoms with Gasteiger partial charge in [0.15, 0.2) is 15.7 Å². The number of carbonyl (C=O) groups excluding carboxylic acids is 1. The van der Waals surface area contributed by atoms with Crippen molar-refractivity contribution in [3.8, 4) is 17.6 Å². The molecule has 200 valence electrons. The molecule has 10 nitrogen and oxygen atoms in total. The molecule has 1 amide bonds. The average Bonchev–Trinajstić information content (AvgIpc) is 3.59. The van der Waals surface area contributed by atoms with Crippen LogP contribution in [0.2, 0.25) is 5.02 Å². The molecule has 0 atom stereocenters. The fourth-order valence-electron chi connectivity index (χ4n) is 4.29. The Labute approximate surface area is 230 Å². The fraction of sp³-hybridized carbons (Fsp3) is 0.259. The van der Waals surface area contributed by atoms with Crippen molar-refractivity contribution in [2.75, 3.05) is 23.9 Å². The number of rotatable bonds is 10. The summed E-state index contributed by atoms with van der Waals surface area (Å²) in [6, 6.07) is 17.1. The number of nitrogens with one attached hydrogen (secondary N) is 2. The molecule has 0 aliphatic heterocycles. The predicted octanol–water partition coefficient (Wildman–Crippen LogP) is 4.34. The van der Waals surface area contributed by atoms with Gasteiger partial charge in [0.05, 0.1) is 22.0 Å². The molecule has 1 aliphatic carbocycles. The smallest absolute Gasteiger partial charge is 0.235 e. The number of benzene rings is 2. The van der Waals surface area contributed by atoms with Crippen LogP contribution in [0.3, 0.4) is 0 Å². The van der Waals surface area contributed by atoms with Gasteiger partial charge in [0.1, 0.15) is 29.1 Å². The maximum Gasteiger partial charge on any atom is 0.235 e. The molecule has 2 N–H and O–H groups in total. The molecule has 2 heterocycles. The minimum Gasteiger partial charge on any atom is -0.456 e. The van der Waals surface area contributed by atoms with Gasteiger partial charge in [0, 0.05) is 31.2 Å². The molecule has 1 fully saturated rings. The van der Waals surface area contributed by atoms with Crippen LogP contribution in [0.1, 0.15) is 18.4 Å². The number of fused-ring (bicyclic) bond motifs is 1. The summed E-state index contributed by atoms with van der Waals surface area (Å²) in [5.74, 6) is 0.514. The second-order valence-corrected chi connectivity index (χ2v) is 12.0. The second-order valence-electron chi connectivity index (χ2n) is 9.48. The van der Waals surface area contributed by atoms with Crippen LogP contribution < -0.4 is 15.4 Å². The minimum absolute atomic E-state index is 0.237. The van der Waals surface area contributed by atoms with Gasteiger partial charge in [0.25, 0.3) is 0 Å². The van der Waals surface area contributed by atoms with E-state index in [1.165, 1.54) is 6.33 Å². The number of nitriles is 1. The molecule has 0 saturated heterocycles. The van der Waals surface area contributed by atoms with Crippen LogP contribution in [0, 0.1) is 11.3 Å². The number of carbonyl (C=O) groups is 1. The Morgan fingerprint density at radius 1 is 1.21 bits per heavy atom. The normalized spacial score (nSPS) is 14.0. The Hall–Kier alpha value is -4.14. The van der Waals surface area contributed by atoms with Crippen molar-refractivity contribution in [1.82, 2.24) is 19.9 Å². The van der Waals surface area contributed by atoms with Gasteiger partial charge in [-0.2, -0.15) is 5.26 Å². The highest BCUT2D eigenvalue weighted by molar-refractivity contribution is 7.91. The van der Waals surface area contributed by atoms with Crippen LogP contribution in [0.25, 0.3) is 11.0 Å². The zero-order valence-electron chi connectivity index (χ0n) is 21.0. The largest absolute Gasteiger partial charge is 0.456 e. The number of hydrogen-bond acceptors (Lipinski definition) is 8. The van der Waals surface area contributed by atoms with Crippen molar-refractivity contribution in [2.24, 2.45) is 0 Å². The molecule has 1 saturated carbocycles. The summed E-state index contributed by atoms with van der Waals surface area (Å²) in [7, 11) is -3.39. The van der Waals surface area contributed by atoms with E-state index >= 15 is 0 Å². The molecule has 2 aromatic carbocycles. The van der Waals surface area contributed by atoms with E-state index in [1.54, 1.807) is 12.1 Å². The van der Waals surface area contributed by atoms with Crippen LogP contribution in [0.4, 0.5) is 11.5 Å². The van der Waals surface area contributed by atoms with Gasteiger partial charge in [0.2, 0.25) is 5.91 Å². The SMILES string of the molecule is CS(=O)(=O)CC(=O)NCCn1ccc2ncnc(Nc3ccc(Oc4cccc(C5(C#N)CC5)c4)c(Cl)c3)c21. The Kier molecular flexibility index (Phi) is 7.16. The van der Waals surface area contributed by atoms with Gasteiger partial charge in [-0.05, 0) is 54.8 Å². The molecule has 39 heavy (non-hydrogen) atoms. The molecular formula is C27H25ClN6O4S. The summed E-state index contributed by atoms with van der Waals surface area (Å²) in [5.41, 5.74) is 2.64. The maximum atomic E-state index is 11.8. The van der Waals surface area contributed by atoms with Gasteiger partial charge < -0.3 is 19.9 Å². The highest BCUT2D eigenvalue weighted by atomic mass is 35.5. The molecule has 4 aromatic rings. The number of nitrogens with zero attached hydrogens (tertiary/aromatic N) is 4. The maximum absolute atomic E-state index is 11.8. The average molecular weight is 565 g/mol. The third kappa shape index (κ3) is 6.13. The van der Waals surface area contributed by atoms with E-state index in [9.17, 15) is 18.5 Å². The molecule has 0 bridgehead atoms. The monoisotopic (exact) mass is 564 g/mol. The molecule has 0 unspecified atom stereocenters. The van der Waals surface area contributed by atoms with Crippen molar-refractivity contribution in [3.63, 3.8) is 0 Å². The zero-order chi connectivity index (χ0) is 27.6. The first-order valence-corrected chi connectivity index (χ1v) is 14.6. The lowest BCUT2D eigenvalue weighted by molar-refractivity contribution is -0.118. The molecule has 2 aromatic heterocycles. The first-order valence-electron chi connectivity index (χ1n) is 12.2. The summed E-state index contributed by atoms with van der Waals surface area (Å²) in [4.78, 5) is 20.5. The van der Waals surface area contributed by atoms with Gasteiger partial charge in [-0.15, -0.1) is 0 Å². The Morgan fingerprint density at radius 2 is 2.03 bits per heavy atom. The van der Waals surface area contributed by atoms with E-state index in [4.69, 9.17) is 16.3 Å². The summed E-state index contributed by atoms with van der Waals surface area (Å²) in [6.07, 6.45) is 5.99. The van der Waals surface area contributed by atoms with Gasteiger partial charge in [-0.1, -0.05) is 23.7 Å². The van der Waals surface area contributed by atoms with E-state index in [-0.39, 0.29) is 6.54 Å². The summed E-state index contributed by atoms with van der Waals surface area (Å²) in [5, 5.41) is 15.8. The first-order chi connectivity index (χ1) is 18.7. The number of aromatic nitrogens is 3. The molecule has 0 spiro atoms. The lowest BCUT2D eigenvalue weighted by Crippen LogP contribution is -2.32. The van der Waals surface area contributed by atoms with Crippen molar-refractivity contribution < 1.29 is 17.9 Å². The Balaban J connectivity index is 1.29. The van der Waals surface area contributed by atoms with Crippen LogP contribution >= 0.6 is 11.6 Å². The quantitative estimate of drug-likeness (QED) is 0.290. The van der Waals surface area contributed by atoms with E-state index in [2.05, 4.69) is 26.7 Å². The summed E-state index contributed by atoms with van der Waals surface area (Å²) < 4.78 is 30.5. The molecule has 5 rings (SSSR count). The highest BCUT2D eigenvalue weighted by Crippen LogP contribution is 2.48. The standard InChI is InChI=1S/C27H25ClN6O4S/c1-39(36,37)15-24(35)30-10-12-34-11-7-22-25(34)26(32-17-31-22)33-19-5-6-23(21(28)14-19)38-20-4-2-3-18(13-20)27(16-29)8-9-27/h2-7,11,13-14,17H,8-10,12,15H2,1H3,(H,30,35)(H,31,32,33). The van der Waals surface area contributed by atoms with Crippen molar-refractivity contribution in [3.05, 3.63) is 71.6 Å². The van der Waals surface area contributed by atoms with Crippen LogP contribution in [0.15, 0.2) is 61.1 Å². The molecule has 1 aliphatic rings. The Bertz CT molecular complexity index is 1710. The lowest BCUT2D eigenvalue weighted by Gasteiger charge is -2.14. The molecule has 0 radical (unpaired) electrons. The number of halogens is 1. The van der Waals surface area contributed by atoms with Gasteiger partial charge >= 0.3 is 0 Å². The zero-order valence-corrected chi connectivity index (χ0v) is 22.6. The van der Waals surface area contributed by atoms with E-state index in [1.807, 2.05) is 47.2 Å². The summed E-state index contributed by atoms with van der Waals surface area (Å²) in [6.45, 7) is 0.627. The third-order valence-electron chi connectivity index (χ3n) is 6.39. The van der Waals surface area contributed by atoms with Crippen LogP contribution in [-0.4, -0.2) is 47.4 Å². The van der Waals surface area contributed by atoms with Crippen molar-refractivity contribution in [2.45, 2.75) is 24.8 Å². The van der Waals surface area contributed by atoms with Crippen molar-refractivity contribution in [1.29, 1.82) is 5.26 Å². The highest BCUT2D eigenvalue weighted by Gasteiger charge is 2.45. The third-order valence-corrected chi connectivity index (χ3v) is 7.47. The number of anilines is 2. The van der Waals surface area contributed by atoms with E-state index < -0.39 is 26.9 Å². The van der Waals surface area contributed by atoms with Crippen LogP contribution in [0.5, 0.6) is 11.5 Å². The van der Waals surface area contributed by atoms with Crippen LogP contribution in [-0.2, 0) is 26.6 Å².